The normalized spacial score (nSPS) is 23.2. The van der Waals surface area contributed by atoms with Gasteiger partial charge in [-0.05, 0) is 37.3 Å². The SMILES string of the molecule is CN1C(N)=N[C@](C)(c2cc(N3COc4cc(F)ccc43)ccc2F)CS1(=O)=O. The molecule has 4 rings (SSSR count). The monoisotopic (exact) mass is 408 g/mol. The second-order valence-corrected chi connectivity index (χ2v) is 8.95. The molecule has 2 heterocycles. The molecule has 0 amide bonds. The number of hydrogen-bond acceptors (Lipinski definition) is 6. The Kier molecular flexibility index (Phi) is 4.00. The van der Waals surface area contributed by atoms with Crippen molar-refractivity contribution in [3.05, 3.63) is 53.6 Å². The summed E-state index contributed by atoms with van der Waals surface area (Å²) in [5.41, 5.74) is 5.66. The van der Waals surface area contributed by atoms with Crippen LogP contribution in [0.4, 0.5) is 20.2 Å². The first kappa shape index (κ1) is 18.5. The van der Waals surface area contributed by atoms with Crippen molar-refractivity contribution in [3.63, 3.8) is 0 Å². The number of rotatable bonds is 2. The van der Waals surface area contributed by atoms with Gasteiger partial charge in [0.25, 0.3) is 0 Å². The van der Waals surface area contributed by atoms with E-state index in [1.165, 1.54) is 38.2 Å². The molecule has 0 fully saturated rings. The number of nitrogens with zero attached hydrogens (tertiary/aromatic N) is 3. The highest BCUT2D eigenvalue weighted by Gasteiger charge is 2.42. The topological polar surface area (TPSA) is 88.2 Å². The van der Waals surface area contributed by atoms with Gasteiger partial charge in [-0.1, -0.05) is 0 Å². The van der Waals surface area contributed by atoms with Crippen molar-refractivity contribution in [2.24, 2.45) is 10.7 Å². The number of anilines is 2. The minimum Gasteiger partial charge on any atom is -0.470 e. The van der Waals surface area contributed by atoms with E-state index in [1.807, 2.05) is 0 Å². The summed E-state index contributed by atoms with van der Waals surface area (Å²) in [6.07, 6.45) is 0. The van der Waals surface area contributed by atoms with Gasteiger partial charge in [-0.2, -0.15) is 0 Å². The Morgan fingerprint density at radius 3 is 2.68 bits per heavy atom. The van der Waals surface area contributed by atoms with Crippen LogP contribution >= 0.6 is 0 Å². The zero-order valence-corrected chi connectivity index (χ0v) is 16.0. The maximum Gasteiger partial charge on any atom is 0.239 e. The molecule has 148 valence electrons. The lowest BCUT2D eigenvalue weighted by molar-refractivity contribution is 0.356. The van der Waals surface area contributed by atoms with E-state index in [2.05, 4.69) is 4.99 Å². The van der Waals surface area contributed by atoms with Crippen LogP contribution in [0.25, 0.3) is 0 Å². The minimum absolute atomic E-state index is 0.0974. The van der Waals surface area contributed by atoms with Crippen LogP contribution in [0.3, 0.4) is 0 Å². The molecule has 2 aromatic carbocycles. The first-order chi connectivity index (χ1) is 13.1. The predicted octanol–water partition coefficient (Wildman–Crippen LogP) is 2.26. The van der Waals surface area contributed by atoms with Gasteiger partial charge in [0.2, 0.25) is 16.0 Å². The van der Waals surface area contributed by atoms with Crippen LogP contribution < -0.4 is 15.4 Å². The van der Waals surface area contributed by atoms with Crippen LogP contribution in [0.5, 0.6) is 5.75 Å². The fraction of sp³-hybridized carbons (Fsp3) is 0.278. The van der Waals surface area contributed by atoms with Gasteiger partial charge >= 0.3 is 0 Å². The molecule has 0 saturated carbocycles. The van der Waals surface area contributed by atoms with Crippen molar-refractivity contribution in [1.82, 2.24) is 4.31 Å². The summed E-state index contributed by atoms with van der Waals surface area (Å²) < 4.78 is 59.3. The Morgan fingerprint density at radius 2 is 1.96 bits per heavy atom. The third-order valence-electron chi connectivity index (χ3n) is 4.97. The molecule has 2 aromatic rings. The van der Waals surface area contributed by atoms with Gasteiger partial charge in [-0.25, -0.2) is 26.5 Å². The van der Waals surface area contributed by atoms with Crippen LogP contribution in [-0.2, 0) is 15.6 Å². The number of aliphatic imine (C=N–C) groups is 1. The molecular weight excluding hydrogens is 390 g/mol. The first-order valence-electron chi connectivity index (χ1n) is 8.43. The highest BCUT2D eigenvalue weighted by molar-refractivity contribution is 7.89. The van der Waals surface area contributed by atoms with Gasteiger partial charge in [0.05, 0.1) is 11.4 Å². The molecule has 0 radical (unpaired) electrons. The number of benzene rings is 2. The van der Waals surface area contributed by atoms with Gasteiger partial charge < -0.3 is 15.4 Å². The van der Waals surface area contributed by atoms with Gasteiger partial charge in [0, 0.05) is 24.4 Å². The summed E-state index contributed by atoms with van der Waals surface area (Å²) >= 11 is 0. The molecule has 0 bridgehead atoms. The maximum atomic E-state index is 14.7. The highest BCUT2D eigenvalue weighted by atomic mass is 32.2. The summed E-state index contributed by atoms with van der Waals surface area (Å²) in [5.74, 6) is -1.27. The first-order valence-corrected chi connectivity index (χ1v) is 10.0. The van der Waals surface area contributed by atoms with Gasteiger partial charge in [0.15, 0.2) is 6.73 Å². The Bertz CT molecular complexity index is 1110. The van der Waals surface area contributed by atoms with Crippen molar-refractivity contribution < 1.29 is 21.9 Å². The molecule has 7 nitrogen and oxygen atoms in total. The number of nitrogens with two attached hydrogens (primary N) is 1. The van der Waals surface area contributed by atoms with Crippen LogP contribution in [-0.4, -0.2) is 38.2 Å². The Hall–Kier alpha value is -2.88. The van der Waals surface area contributed by atoms with Crippen LogP contribution in [0.1, 0.15) is 12.5 Å². The lowest BCUT2D eigenvalue weighted by Gasteiger charge is -2.35. The lowest BCUT2D eigenvalue weighted by atomic mass is 9.93. The zero-order chi connectivity index (χ0) is 20.3. The highest BCUT2D eigenvalue weighted by Crippen LogP contribution is 2.41. The third-order valence-corrected chi connectivity index (χ3v) is 6.92. The number of hydrogen-bond donors (Lipinski definition) is 1. The van der Waals surface area contributed by atoms with Gasteiger partial charge in [0.1, 0.15) is 22.9 Å². The molecule has 28 heavy (non-hydrogen) atoms. The predicted molar refractivity (Wildman–Crippen MR) is 101 cm³/mol. The van der Waals surface area contributed by atoms with Gasteiger partial charge in [-0.15, -0.1) is 0 Å². The van der Waals surface area contributed by atoms with Crippen LogP contribution in [0.2, 0.25) is 0 Å². The van der Waals surface area contributed by atoms with E-state index in [0.29, 0.717) is 17.1 Å². The summed E-state index contributed by atoms with van der Waals surface area (Å²) in [6, 6.07) is 8.46. The second kappa shape index (κ2) is 6.06. The number of guanidine groups is 1. The van der Waals surface area contributed by atoms with Crippen molar-refractivity contribution in [1.29, 1.82) is 0 Å². The van der Waals surface area contributed by atoms with Crippen molar-refractivity contribution in [2.75, 3.05) is 24.4 Å². The average molecular weight is 408 g/mol. The summed E-state index contributed by atoms with van der Waals surface area (Å²) in [7, 11) is -2.43. The molecule has 0 saturated heterocycles. The van der Waals surface area contributed by atoms with E-state index in [9.17, 15) is 17.2 Å². The van der Waals surface area contributed by atoms with Crippen LogP contribution in [0.15, 0.2) is 41.4 Å². The van der Waals surface area contributed by atoms with E-state index >= 15 is 0 Å². The van der Waals surface area contributed by atoms with E-state index in [1.54, 1.807) is 17.0 Å². The average Bonchev–Trinajstić information content (AvgIpc) is 3.02. The van der Waals surface area contributed by atoms with Crippen LogP contribution in [0, 0.1) is 11.6 Å². The van der Waals surface area contributed by atoms with E-state index in [0.717, 1.165) is 4.31 Å². The zero-order valence-electron chi connectivity index (χ0n) is 15.2. The lowest BCUT2D eigenvalue weighted by Crippen LogP contribution is -2.50. The molecule has 2 aliphatic rings. The number of sulfonamides is 1. The van der Waals surface area contributed by atoms with Gasteiger partial charge in [-0.3, -0.25) is 0 Å². The molecular formula is C18H18F2N4O3S. The molecule has 0 aliphatic carbocycles. The van der Waals surface area contributed by atoms with Crippen molar-refractivity contribution >= 4 is 27.4 Å². The largest absolute Gasteiger partial charge is 0.470 e. The quantitative estimate of drug-likeness (QED) is 0.824. The molecule has 2 N–H and O–H groups in total. The molecule has 2 aliphatic heterocycles. The van der Waals surface area contributed by atoms with E-state index in [4.69, 9.17) is 10.5 Å². The summed E-state index contributed by atoms with van der Waals surface area (Å²) in [6.45, 7) is 1.64. The molecule has 0 aromatic heterocycles. The molecule has 0 spiro atoms. The van der Waals surface area contributed by atoms with Crippen molar-refractivity contribution in [3.8, 4) is 5.75 Å². The standard InChI is InChI=1S/C18H18F2N4O3S/c1-18(9-28(25,26)23(2)17(21)22-18)13-8-12(4-5-14(13)20)24-10-27-16-7-11(19)3-6-15(16)24/h3-8H,9-10H2,1-2H3,(H2,21,22)/t18-/m0/s1. The second-order valence-electron chi connectivity index (χ2n) is 6.95. The Balaban J connectivity index is 1.80. The Labute approximate surface area is 161 Å². The fourth-order valence-corrected chi connectivity index (χ4v) is 4.88. The molecule has 10 heteroatoms. The molecule has 1 atom stereocenters. The minimum atomic E-state index is -3.74. The van der Waals surface area contributed by atoms with E-state index < -0.39 is 32.9 Å². The van der Waals surface area contributed by atoms with Crippen molar-refractivity contribution in [2.45, 2.75) is 12.5 Å². The number of fused-ring (bicyclic) bond motifs is 1. The summed E-state index contributed by atoms with van der Waals surface area (Å²) in [5, 5.41) is 0. The fourth-order valence-electron chi connectivity index (χ4n) is 3.43. The Morgan fingerprint density at radius 1 is 1.21 bits per heavy atom. The molecule has 0 unspecified atom stereocenters. The maximum absolute atomic E-state index is 14.7. The third kappa shape index (κ3) is 2.84. The number of halogens is 2. The number of ether oxygens (including phenoxy) is 1. The van der Waals surface area contributed by atoms with E-state index in [-0.39, 0.29) is 18.3 Å². The smallest absolute Gasteiger partial charge is 0.239 e. The summed E-state index contributed by atoms with van der Waals surface area (Å²) in [4.78, 5) is 5.98.